The predicted octanol–water partition coefficient (Wildman–Crippen LogP) is 2.64. The minimum Gasteiger partial charge on any atom is -0.478 e. The lowest BCUT2D eigenvalue weighted by molar-refractivity contribution is 0.0696. The number of carboxylic acid groups (broad SMARTS) is 1. The first-order chi connectivity index (χ1) is 9.11. The highest BCUT2D eigenvalue weighted by Gasteiger charge is 2.25. The summed E-state index contributed by atoms with van der Waals surface area (Å²) in [7, 11) is 0. The number of rotatable bonds is 4. The van der Waals surface area contributed by atoms with Crippen molar-refractivity contribution in [2.75, 3.05) is 6.61 Å². The van der Waals surface area contributed by atoms with Gasteiger partial charge in [0, 0.05) is 13.1 Å². The summed E-state index contributed by atoms with van der Waals surface area (Å²) in [5.74, 6) is -0.952. The largest absolute Gasteiger partial charge is 0.478 e. The number of amides is 1. The van der Waals surface area contributed by atoms with Gasteiger partial charge in [0.25, 0.3) is 0 Å². The summed E-state index contributed by atoms with van der Waals surface area (Å²) in [6, 6.07) is 4.95. The number of aromatic carboxylic acids is 1. The van der Waals surface area contributed by atoms with Gasteiger partial charge in [-0.05, 0) is 29.7 Å². The van der Waals surface area contributed by atoms with Crippen LogP contribution in [-0.4, -0.2) is 28.7 Å². The molecule has 1 amide bonds. The van der Waals surface area contributed by atoms with Crippen LogP contribution >= 0.6 is 0 Å². The average molecular weight is 263 g/mol. The first-order valence-corrected chi connectivity index (χ1v) is 6.38. The maximum atomic E-state index is 11.8. The van der Waals surface area contributed by atoms with Crippen LogP contribution in [0.1, 0.15) is 41.3 Å². The molecule has 0 radical (unpaired) electrons. The molecule has 0 bridgehead atoms. The van der Waals surface area contributed by atoms with Gasteiger partial charge in [-0.3, -0.25) is 4.90 Å². The van der Waals surface area contributed by atoms with E-state index in [2.05, 4.69) is 0 Å². The fraction of sp³-hybridized carbons (Fsp3) is 0.429. The van der Waals surface area contributed by atoms with Gasteiger partial charge >= 0.3 is 12.1 Å². The van der Waals surface area contributed by atoms with Crippen LogP contribution in [0.15, 0.2) is 18.2 Å². The standard InChI is InChI=1S/C14H17NO4/c1-2-3-6-19-14(18)15-8-11-5-4-10(13(16)17)7-12(11)9-15/h4-5,7H,2-3,6,8-9H2,1H3,(H,16,17). The molecule has 0 saturated carbocycles. The van der Waals surface area contributed by atoms with Gasteiger partial charge in [-0.25, -0.2) is 9.59 Å². The maximum absolute atomic E-state index is 11.8. The molecule has 0 spiro atoms. The smallest absolute Gasteiger partial charge is 0.410 e. The van der Waals surface area contributed by atoms with Gasteiger partial charge in [0.2, 0.25) is 0 Å². The van der Waals surface area contributed by atoms with Crippen LogP contribution in [0.25, 0.3) is 0 Å². The molecule has 5 heteroatoms. The van der Waals surface area contributed by atoms with Gasteiger partial charge in [0.15, 0.2) is 0 Å². The van der Waals surface area contributed by atoms with E-state index in [1.165, 1.54) is 0 Å². The molecule has 0 saturated heterocycles. The summed E-state index contributed by atoms with van der Waals surface area (Å²) in [4.78, 5) is 24.3. The molecule has 0 aliphatic carbocycles. The summed E-state index contributed by atoms with van der Waals surface area (Å²) >= 11 is 0. The minimum atomic E-state index is -0.952. The quantitative estimate of drug-likeness (QED) is 0.848. The van der Waals surface area contributed by atoms with Crippen molar-refractivity contribution in [1.82, 2.24) is 4.90 Å². The molecular weight excluding hydrogens is 246 g/mol. The van der Waals surface area contributed by atoms with Gasteiger partial charge in [0.05, 0.1) is 12.2 Å². The molecule has 102 valence electrons. The Morgan fingerprint density at radius 3 is 2.74 bits per heavy atom. The summed E-state index contributed by atoms with van der Waals surface area (Å²) in [6.07, 6.45) is 1.51. The number of carboxylic acids is 1. The Morgan fingerprint density at radius 2 is 2.05 bits per heavy atom. The number of hydrogen-bond acceptors (Lipinski definition) is 3. The number of fused-ring (bicyclic) bond motifs is 1. The van der Waals surface area contributed by atoms with E-state index in [1.54, 1.807) is 23.1 Å². The molecule has 0 unspecified atom stereocenters. The molecule has 1 aliphatic heterocycles. The Labute approximate surface area is 111 Å². The zero-order chi connectivity index (χ0) is 13.8. The lowest BCUT2D eigenvalue weighted by Crippen LogP contribution is -2.26. The molecule has 1 aliphatic rings. The van der Waals surface area contributed by atoms with Gasteiger partial charge in [-0.2, -0.15) is 0 Å². The van der Waals surface area contributed by atoms with Crippen molar-refractivity contribution in [1.29, 1.82) is 0 Å². The normalized spacial score (nSPS) is 13.2. The highest BCUT2D eigenvalue weighted by Crippen LogP contribution is 2.24. The monoisotopic (exact) mass is 263 g/mol. The van der Waals surface area contributed by atoms with Crippen LogP contribution in [0, 0.1) is 0 Å². The van der Waals surface area contributed by atoms with Crippen LogP contribution in [0.4, 0.5) is 4.79 Å². The number of benzene rings is 1. The van der Waals surface area contributed by atoms with Gasteiger partial charge in [-0.1, -0.05) is 19.4 Å². The van der Waals surface area contributed by atoms with Crippen LogP contribution in [0.3, 0.4) is 0 Å². The highest BCUT2D eigenvalue weighted by molar-refractivity contribution is 5.88. The van der Waals surface area contributed by atoms with E-state index in [4.69, 9.17) is 9.84 Å². The third-order valence-electron chi connectivity index (χ3n) is 3.16. The van der Waals surface area contributed by atoms with E-state index < -0.39 is 5.97 Å². The third-order valence-corrected chi connectivity index (χ3v) is 3.16. The van der Waals surface area contributed by atoms with Crippen molar-refractivity contribution in [3.63, 3.8) is 0 Å². The first-order valence-electron chi connectivity index (χ1n) is 6.38. The Morgan fingerprint density at radius 1 is 1.32 bits per heavy atom. The molecule has 0 fully saturated rings. The molecule has 1 aromatic carbocycles. The van der Waals surface area contributed by atoms with Crippen molar-refractivity contribution >= 4 is 12.1 Å². The topological polar surface area (TPSA) is 66.8 Å². The van der Waals surface area contributed by atoms with E-state index in [0.29, 0.717) is 19.7 Å². The first kappa shape index (κ1) is 13.4. The van der Waals surface area contributed by atoms with Gasteiger partial charge in [-0.15, -0.1) is 0 Å². The Bertz CT molecular complexity index is 498. The molecule has 0 aromatic heterocycles. The van der Waals surface area contributed by atoms with Crippen LogP contribution in [-0.2, 0) is 17.8 Å². The summed E-state index contributed by atoms with van der Waals surface area (Å²) < 4.78 is 5.15. The zero-order valence-corrected chi connectivity index (χ0v) is 10.9. The molecule has 2 rings (SSSR count). The number of ether oxygens (including phenoxy) is 1. The summed E-state index contributed by atoms with van der Waals surface area (Å²) in [6.45, 7) is 3.37. The fourth-order valence-corrected chi connectivity index (χ4v) is 2.05. The van der Waals surface area contributed by atoms with Crippen molar-refractivity contribution in [2.45, 2.75) is 32.9 Å². The van der Waals surface area contributed by atoms with E-state index in [1.807, 2.05) is 6.92 Å². The molecule has 1 heterocycles. The Kier molecular flexibility index (Phi) is 4.04. The number of hydrogen-bond donors (Lipinski definition) is 1. The highest BCUT2D eigenvalue weighted by atomic mass is 16.6. The van der Waals surface area contributed by atoms with Crippen LogP contribution < -0.4 is 0 Å². The zero-order valence-electron chi connectivity index (χ0n) is 10.9. The second-order valence-electron chi connectivity index (χ2n) is 4.61. The molecule has 19 heavy (non-hydrogen) atoms. The predicted molar refractivity (Wildman–Crippen MR) is 68.9 cm³/mol. The Balaban J connectivity index is 1.99. The van der Waals surface area contributed by atoms with Gasteiger partial charge in [0.1, 0.15) is 0 Å². The molecule has 1 N–H and O–H groups in total. The summed E-state index contributed by atoms with van der Waals surface area (Å²) in [5, 5.41) is 8.93. The van der Waals surface area contributed by atoms with E-state index in [-0.39, 0.29) is 11.7 Å². The molecular formula is C14H17NO4. The number of carbonyl (C=O) groups excluding carboxylic acids is 1. The Hall–Kier alpha value is -2.04. The van der Waals surface area contributed by atoms with Crippen LogP contribution in [0.5, 0.6) is 0 Å². The van der Waals surface area contributed by atoms with Crippen LogP contribution in [0.2, 0.25) is 0 Å². The number of unbranched alkanes of at least 4 members (excludes halogenated alkanes) is 1. The second-order valence-corrected chi connectivity index (χ2v) is 4.61. The van der Waals surface area contributed by atoms with E-state index in [9.17, 15) is 9.59 Å². The fourth-order valence-electron chi connectivity index (χ4n) is 2.05. The van der Waals surface area contributed by atoms with Crippen molar-refractivity contribution in [3.8, 4) is 0 Å². The maximum Gasteiger partial charge on any atom is 0.410 e. The van der Waals surface area contributed by atoms with Gasteiger partial charge < -0.3 is 9.84 Å². The lowest BCUT2D eigenvalue weighted by atomic mass is 10.1. The van der Waals surface area contributed by atoms with Crippen molar-refractivity contribution < 1.29 is 19.4 Å². The van der Waals surface area contributed by atoms with Crippen molar-refractivity contribution in [2.24, 2.45) is 0 Å². The minimum absolute atomic E-state index is 0.250. The molecule has 5 nitrogen and oxygen atoms in total. The van der Waals surface area contributed by atoms with E-state index in [0.717, 1.165) is 24.0 Å². The molecule has 1 aromatic rings. The van der Waals surface area contributed by atoms with E-state index >= 15 is 0 Å². The molecule has 0 atom stereocenters. The summed E-state index contributed by atoms with van der Waals surface area (Å²) in [5.41, 5.74) is 2.12. The second kappa shape index (κ2) is 5.73. The van der Waals surface area contributed by atoms with Crippen molar-refractivity contribution in [3.05, 3.63) is 34.9 Å². The third kappa shape index (κ3) is 3.05. The SMILES string of the molecule is CCCCOC(=O)N1Cc2ccc(C(=O)O)cc2C1. The lowest BCUT2D eigenvalue weighted by Gasteiger charge is -2.14. The average Bonchev–Trinajstić information content (AvgIpc) is 2.81. The number of nitrogens with zero attached hydrogens (tertiary/aromatic N) is 1. The number of carbonyl (C=O) groups is 2.